The Kier molecular flexibility index (Phi) is 14.5. The predicted molar refractivity (Wildman–Crippen MR) is 203 cm³/mol. The molecule has 24 heteroatoms. The van der Waals surface area contributed by atoms with E-state index in [2.05, 4.69) is 46.3 Å². The number of carbonyl (C=O) groups excluding carboxylic acids is 4. The van der Waals surface area contributed by atoms with Crippen molar-refractivity contribution in [3.8, 4) is 11.5 Å². The number of aryl methyl sites for hydroxylation is 4. The standard InChI is InChI=1S/C18H19BrN4O6.C12H12N2O6.C4H5N3O2/c1-10-20-9-16(23(26)27)22(10)5-6-29-18(25)12-4-3-11-7-13(19)15(28-2)8-14(11)21-17(12)24;1-20-12(17)7-3-2-6-4-9(14(18)19)10(15)5-8(6)13-11(7)16;1-3-5-2-4(6-3)7(8)9/h7-9,12H,3-6H2,1-2H3,(H,21,24);4-5,7,15H,2-3H2,1H3,(H,13,16);2H,1H3,(H,5,6). The van der Waals surface area contributed by atoms with Gasteiger partial charge in [0.25, 0.3) is 0 Å². The summed E-state index contributed by atoms with van der Waals surface area (Å²) in [6, 6.07) is 5.87. The van der Waals surface area contributed by atoms with Crippen LogP contribution < -0.4 is 15.4 Å². The number of methoxy groups -OCH3 is 2. The summed E-state index contributed by atoms with van der Waals surface area (Å²) in [7, 11) is 2.71. The maximum atomic E-state index is 12.5. The number of nitrogens with zero attached hydrogens (tertiary/aromatic N) is 6. The van der Waals surface area contributed by atoms with Gasteiger partial charge in [0.15, 0.2) is 17.4 Å². The predicted octanol–water partition coefficient (Wildman–Crippen LogP) is 4.22. The van der Waals surface area contributed by atoms with E-state index in [0.29, 0.717) is 41.5 Å². The zero-order valence-electron chi connectivity index (χ0n) is 31.2. The van der Waals surface area contributed by atoms with E-state index in [-0.39, 0.29) is 43.3 Å². The van der Waals surface area contributed by atoms with Gasteiger partial charge in [-0.25, -0.2) is 19.5 Å². The molecule has 0 aliphatic carbocycles. The number of H-pyrrole nitrogens is 1. The van der Waals surface area contributed by atoms with E-state index in [4.69, 9.17) is 9.47 Å². The van der Waals surface area contributed by atoms with E-state index in [1.165, 1.54) is 31.0 Å². The average Bonchev–Trinajstić information content (AvgIpc) is 3.69. The number of amides is 2. The fraction of sp³-hybridized carbons (Fsp3) is 0.353. The molecule has 4 aromatic rings. The van der Waals surface area contributed by atoms with E-state index < -0.39 is 61.8 Å². The zero-order valence-corrected chi connectivity index (χ0v) is 32.8. The lowest BCUT2D eigenvalue weighted by Crippen LogP contribution is -2.31. The number of rotatable bonds is 9. The first kappa shape index (κ1) is 43.7. The molecule has 0 spiro atoms. The highest BCUT2D eigenvalue weighted by molar-refractivity contribution is 9.10. The van der Waals surface area contributed by atoms with E-state index in [9.17, 15) is 54.6 Å². The van der Waals surface area contributed by atoms with E-state index in [1.54, 1.807) is 19.9 Å². The summed E-state index contributed by atoms with van der Waals surface area (Å²) in [6.45, 7) is 3.25. The molecule has 23 nitrogen and oxygen atoms in total. The number of hydrogen-bond donors (Lipinski definition) is 4. The molecule has 0 bridgehead atoms. The van der Waals surface area contributed by atoms with Crippen molar-refractivity contribution in [1.29, 1.82) is 0 Å². The molecule has 2 aromatic heterocycles. The van der Waals surface area contributed by atoms with Gasteiger partial charge in [-0.1, -0.05) is 0 Å². The number of phenols is 1. The number of halogens is 1. The minimum atomic E-state index is -0.967. The molecule has 4 heterocycles. The molecule has 0 radical (unpaired) electrons. The first-order chi connectivity index (χ1) is 27.4. The fourth-order valence-corrected chi connectivity index (χ4v) is 6.33. The fourth-order valence-electron chi connectivity index (χ4n) is 5.77. The van der Waals surface area contributed by atoms with Crippen molar-refractivity contribution in [2.45, 2.75) is 46.1 Å². The molecule has 308 valence electrons. The number of hydrogen-bond acceptors (Lipinski definition) is 16. The van der Waals surface area contributed by atoms with Gasteiger partial charge in [0.05, 0.1) is 23.6 Å². The van der Waals surface area contributed by atoms with Crippen LogP contribution in [0.2, 0.25) is 0 Å². The quantitative estimate of drug-likeness (QED) is 0.0792. The van der Waals surface area contributed by atoms with Gasteiger partial charge in [0.1, 0.15) is 43.1 Å². The molecule has 0 saturated carbocycles. The van der Waals surface area contributed by atoms with Crippen LogP contribution in [0.4, 0.5) is 28.7 Å². The molecular weight excluding hydrogens is 838 g/mol. The zero-order chi connectivity index (χ0) is 42.8. The Morgan fingerprint density at radius 2 is 1.48 bits per heavy atom. The number of phenolic OH excluding ortho intramolecular Hbond substituents is 1. The normalized spacial score (nSPS) is 15.5. The lowest BCUT2D eigenvalue weighted by Gasteiger charge is -2.13. The van der Waals surface area contributed by atoms with Crippen LogP contribution in [-0.4, -0.2) is 84.0 Å². The number of aromatic hydroxyl groups is 1. The monoisotopic (exact) mass is 873 g/mol. The molecule has 4 N–H and O–H groups in total. The van der Waals surface area contributed by atoms with Gasteiger partial charge < -0.3 is 50.2 Å². The van der Waals surface area contributed by atoms with Crippen LogP contribution in [0.25, 0.3) is 0 Å². The topological polar surface area (TPSA) is 316 Å². The highest BCUT2D eigenvalue weighted by Gasteiger charge is 2.33. The van der Waals surface area contributed by atoms with Gasteiger partial charge in [0, 0.05) is 43.4 Å². The summed E-state index contributed by atoms with van der Waals surface area (Å²) in [5.74, 6) is -3.47. The Hall–Kier alpha value is -6.98. The Labute approximate surface area is 335 Å². The Balaban J connectivity index is 0.000000220. The van der Waals surface area contributed by atoms with Crippen LogP contribution in [0.3, 0.4) is 0 Å². The molecule has 2 aliphatic heterocycles. The summed E-state index contributed by atoms with van der Waals surface area (Å²) in [5, 5.41) is 46.5. The summed E-state index contributed by atoms with van der Waals surface area (Å²) < 4.78 is 17.1. The Morgan fingerprint density at radius 1 is 0.879 bits per heavy atom. The maximum absolute atomic E-state index is 12.5. The van der Waals surface area contributed by atoms with E-state index in [0.717, 1.165) is 22.3 Å². The minimum absolute atomic E-state index is 0.0625. The van der Waals surface area contributed by atoms with Crippen LogP contribution in [0.15, 0.2) is 41.1 Å². The van der Waals surface area contributed by atoms with Crippen molar-refractivity contribution in [2.24, 2.45) is 11.8 Å². The lowest BCUT2D eigenvalue weighted by molar-refractivity contribution is -0.392. The smallest absolute Gasteiger partial charge is 0.342 e. The second-order valence-electron chi connectivity index (χ2n) is 12.4. The molecule has 2 aromatic carbocycles. The third-order valence-corrected chi connectivity index (χ3v) is 9.38. The molecule has 0 saturated heterocycles. The molecule has 2 atom stereocenters. The van der Waals surface area contributed by atoms with Crippen molar-refractivity contribution in [1.82, 2.24) is 19.5 Å². The maximum Gasteiger partial charge on any atom is 0.342 e. The number of anilines is 2. The van der Waals surface area contributed by atoms with Crippen LogP contribution in [0.1, 0.15) is 35.6 Å². The van der Waals surface area contributed by atoms with Gasteiger partial charge >= 0.3 is 29.3 Å². The van der Waals surface area contributed by atoms with Gasteiger partial charge in [-0.05, 0) is 68.7 Å². The number of nitrogens with one attached hydrogen (secondary N) is 3. The van der Waals surface area contributed by atoms with Gasteiger partial charge in [-0.3, -0.25) is 29.3 Å². The molecule has 2 aliphatic rings. The third-order valence-electron chi connectivity index (χ3n) is 8.76. The summed E-state index contributed by atoms with van der Waals surface area (Å²) in [4.78, 5) is 88.3. The Morgan fingerprint density at radius 3 is 2.00 bits per heavy atom. The molecular formula is C34H36BrN9O14. The van der Waals surface area contributed by atoms with Crippen molar-refractivity contribution < 1.29 is 53.3 Å². The number of imidazole rings is 2. The molecule has 0 fully saturated rings. The van der Waals surface area contributed by atoms with Crippen LogP contribution in [0.5, 0.6) is 11.5 Å². The van der Waals surface area contributed by atoms with Crippen molar-refractivity contribution in [3.05, 3.63) is 94.3 Å². The number of nitro benzene ring substituents is 1. The lowest BCUT2D eigenvalue weighted by atomic mass is 10.0. The van der Waals surface area contributed by atoms with Gasteiger partial charge in [0.2, 0.25) is 11.8 Å². The highest BCUT2D eigenvalue weighted by Crippen LogP contribution is 2.36. The minimum Gasteiger partial charge on any atom is -0.502 e. The van der Waals surface area contributed by atoms with E-state index >= 15 is 0 Å². The first-order valence-corrected chi connectivity index (χ1v) is 17.8. The second kappa shape index (κ2) is 19.2. The van der Waals surface area contributed by atoms with Gasteiger partial charge in [-0.15, -0.1) is 0 Å². The highest BCUT2D eigenvalue weighted by atomic mass is 79.9. The number of ether oxygens (including phenoxy) is 3. The number of carbonyl (C=O) groups is 4. The summed E-state index contributed by atoms with van der Waals surface area (Å²) in [6.07, 6.45) is 3.61. The average molecular weight is 875 g/mol. The number of fused-ring (bicyclic) bond motifs is 2. The van der Waals surface area contributed by atoms with Crippen molar-refractivity contribution in [3.63, 3.8) is 0 Å². The molecule has 58 heavy (non-hydrogen) atoms. The second-order valence-corrected chi connectivity index (χ2v) is 13.3. The Bertz CT molecular complexity index is 2260. The van der Waals surface area contributed by atoms with Crippen molar-refractivity contribution in [2.75, 3.05) is 31.5 Å². The first-order valence-electron chi connectivity index (χ1n) is 17.0. The molecule has 2 amide bonds. The van der Waals surface area contributed by atoms with E-state index in [1.807, 2.05) is 6.07 Å². The number of nitro groups is 3. The number of benzene rings is 2. The largest absolute Gasteiger partial charge is 0.502 e. The van der Waals surface area contributed by atoms with Gasteiger partial charge in [-0.2, -0.15) is 0 Å². The third kappa shape index (κ3) is 10.7. The van der Waals surface area contributed by atoms with Crippen LogP contribution in [-0.2, 0) is 48.0 Å². The van der Waals surface area contributed by atoms with Crippen molar-refractivity contribution >= 4 is 68.4 Å². The SMILES string of the molecule is COC(=O)C1CCc2cc([N+](=O)[O-])c(O)cc2NC1=O.COc1cc2c(cc1Br)CCC(C(=O)OCCn1c([N+](=O)[O-])cnc1C)C(=O)N2.Cc1ncc([N+](=O)[O-])[nH]1. The number of aromatic nitrogens is 4. The molecule has 6 rings (SSSR count). The van der Waals surface area contributed by atoms with Crippen LogP contribution >= 0.6 is 15.9 Å². The molecule has 2 unspecified atom stereocenters. The summed E-state index contributed by atoms with van der Waals surface area (Å²) >= 11 is 3.41. The summed E-state index contributed by atoms with van der Waals surface area (Å²) in [5.41, 5.74) is 1.80. The van der Waals surface area contributed by atoms with Crippen LogP contribution in [0, 0.1) is 56.0 Å². The number of aromatic amines is 1. The number of esters is 2.